The van der Waals surface area contributed by atoms with Crippen molar-refractivity contribution in [2.24, 2.45) is 17.8 Å². The van der Waals surface area contributed by atoms with Crippen LogP contribution >= 0.6 is 0 Å². The van der Waals surface area contributed by atoms with Gasteiger partial charge in [0.1, 0.15) is 0 Å². The largest absolute Gasteiger partial charge is 0.0622 e. The predicted octanol–water partition coefficient (Wildman–Crippen LogP) is 5.23. The Balaban J connectivity index is 1.47. The zero-order valence-corrected chi connectivity index (χ0v) is 11.5. The van der Waals surface area contributed by atoms with E-state index in [1.54, 1.807) is 0 Å². The molecule has 3 rings (SSSR count). The van der Waals surface area contributed by atoms with E-state index in [1.165, 1.54) is 63.4 Å². The fraction of sp³-hybridized carbons (Fsp3) is 0.667. The molecule has 0 aromatic heterocycles. The SMILES string of the molecule is c1ccc(CCCC(C2CCC2)C2CCC2)cc1. The standard InChI is InChI=1S/C18H26/c1-2-7-15(8-3-1)9-4-14-18(16-10-5-11-16)17-12-6-13-17/h1-3,7-8,16-18H,4-6,9-14H2. The van der Waals surface area contributed by atoms with Gasteiger partial charge in [0.15, 0.2) is 0 Å². The summed E-state index contributed by atoms with van der Waals surface area (Å²) in [6, 6.07) is 11.0. The van der Waals surface area contributed by atoms with E-state index in [0.29, 0.717) is 0 Å². The second-order valence-corrected chi connectivity index (χ2v) is 6.42. The fourth-order valence-corrected chi connectivity index (χ4v) is 3.78. The van der Waals surface area contributed by atoms with Gasteiger partial charge in [-0.25, -0.2) is 0 Å². The number of hydrogen-bond acceptors (Lipinski definition) is 0. The average molecular weight is 242 g/mol. The van der Waals surface area contributed by atoms with E-state index < -0.39 is 0 Å². The van der Waals surface area contributed by atoms with Crippen LogP contribution in [0.5, 0.6) is 0 Å². The first-order valence-electron chi connectivity index (χ1n) is 7.97. The van der Waals surface area contributed by atoms with Crippen LogP contribution in [0.25, 0.3) is 0 Å². The summed E-state index contributed by atoms with van der Waals surface area (Å²) >= 11 is 0. The van der Waals surface area contributed by atoms with Crippen molar-refractivity contribution in [1.29, 1.82) is 0 Å². The van der Waals surface area contributed by atoms with E-state index in [0.717, 1.165) is 17.8 Å². The number of rotatable bonds is 6. The molecule has 2 aliphatic carbocycles. The van der Waals surface area contributed by atoms with Crippen molar-refractivity contribution in [2.45, 2.75) is 57.8 Å². The highest BCUT2D eigenvalue weighted by molar-refractivity contribution is 5.14. The monoisotopic (exact) mass is 242 g/mol. The maximum Gasteiger partial charge on any atom is -0.0279 e. The van der Waals surface area contributed by atoms with Crippen molar-refractivity contribution < 1.29 is 0 Å². The highest BCUT2D eigenvalue weighted by Gasteiger charge is 2.35. The van der Waals surface area contributed by atoms with Crippen LogP contribution in [0.15, 0.2) is 30.3 Å². The van der Waals surface area contributed by atoms with E-state index in [-0.39, 0.29) is 0 Å². The lowest BCUT2D eigenvalue weighted by Crippen LogP contribution is -2.32. The Morgan fingerprint density at radius 2 is 1.50 bits per heavy atom. The molecular formula is C18H26. The highest BCUT2D eigenvalue weighted by atomic mass is 14.4. The van der Waals surface area contributed by atoms with Crippen LogP contribution in [0, 0.1) is 17.8 Å². The zero-order valence-electron chi connectivity index (χ0n) is 11.5. The molecule has 0 heteroatoms. The van der Waals surface area contributed by atoms with Gasteiger partial charge in [0.2, 0.25) is 0 Å². The van der Waals surface area contributed by atoms with Crippen molar-refractivity contribution in [1.82, 2.24) is 0 Å². The van der Waals surface area contributed by atoms with Crippen LogP contribution in [-0.2, 0) is 6.42 Å². The zero-order chi connectivity index (χ0) is 12.2. The quantitative estimate of drug-likeness (QED) is 0.641. The fourth-order valence-electron chi connectivity index (χ4n) is 3.78. The summed E-state index contributed by atoms with van der Waals surface area (Å²) in [7, 11) is 0. The van der Waals surface area contributed by atoms with Crippen molar-refractivity contribution in [3.63, 3.8) is 0 Å². The van der Waals surface area contributed by atoms with Gasteiger partial charge >= 0.3 is 0 Å². The molecule has 1 aromatic carbocycles. The van der Waals surface area contributed by atoms with Crippen LogP contribution < -0.4 is 0 Å². The third-order valence-corrected chi connectivity index (χ3v) is 5.36. The Kier molecular flexibility index (Phi) is 4.02. The van der Waals surface area contributed by atoms with Gasteiger partial charge in [-0.1, -0.05) is 68.9 Å². The molecule has 0 N–H and O–H groups in total. The summed E-state index contributed by atoms with van der Waals surface area (Å²) in [5.41, 5.74) is 1.53. The van der Waals surface area contributed by atoms with Crippen molar-refractivity contribution in [2.75, 3.05) is 0 Å². The van der Waals surface area contributed by atoms with Gasteiger partial charge < -0.3 is 0 Å². The molecule has 18 heavy (non-hydrogen) atoms. The first-order chi connectivity index (χ1) is 8.93. The summed E-state index contributed by atoms with van der Waals surface area (Å²) in [6.07, 6.45) is 13.3. The molecule has 2 fully saturated rings. The van der Waals surface area contributed by atoms with E-state index in [9.17, 15) is 0 Å². The molecule has 0 radical (unpaired) electrons. The van der Waals surface area contributed by atoms with Crippen LogP contribution in [-0.4, -0.2) is 0 Å². The normalized spacial score (nSPS) is 20.7. The molecule has 0 aliphatic heterocycles. The first-order valence-corrected chi connectivity index (χ1v) is 7.97. The highest BCUT2D eigenvalue weighted by Crippen LogP contribution is 2.46. The molecule has 0 atom stereocenters. The molecular weight excluding hydrogens is 216 g/mol. The predicted molar refractivity (Wildman–Crippen MR) is 77.6 cm³/mol. The molecule has 0 saturated heterocycles. The van der Waals surface area contributed by atoms with Gasteiger partial charge in [-0.15, -0.1) is 0 Å². The Labute approximate surface area is 112 Å². The topological polar surface area (TPSA) is 0 Å². The minimum atomic E-state index is 1.08. The smallest absolute Gasteiger partial charge is 0.0279 e. The molecule has 2 aliphatic rings. The molecule has 1 aromatic rings. The molecule has 0 heterocycles. The van der Waals surface area contributed by atoms with Gasteiger partial charge in [-0.2, -0.15) is 0 Å². The van der Waals surface area contributed by atoms with E-state index in [4.69, 9.17) is 0 Å². The van der Waals surface area contributed by atoms with Gasteiger partial charge in [0.25, 0.3) is 0 Å². The van der Waals surface area contributed by atoms with E-state index in [1.807, 2.05) is 0 Å². The Morgan fingerprint density at radius 1 is 0.889 bits per heavy atom. The van der Waals surface area contributed by atoms with Crippen LogP contribution in [0.4, 0.5) is 0 Å². The second-order valence-electron chi connectivity index (χ2n) is 6.42. The molecule has 0 spiro atoms. The maximum absolute atomic E-state index is 2.28. The Bertz CT molecular complexity index is 332. The second kappa shape index (κ2) is 5.91. The van der Waals surface area contributed by atoms with Crippen LogP contribution in [0.1, 0.15) is 56.9 Å². The van der Waals surface area contributed by atoms with Crippen LogP contribution in [0.2, 0.25) is 0 Å². The molecule has 98 valence electrons. The van der Waals surface area contributed by atoms with Gasteiger partial charge in [-0.3, -0.25) is 0 Å². The average Bonchev–Trinajstić information content (AvgIpc) is 2.25. The summed E-state index contributed by atoms with van der Waals surface area (Å²) in [4.78, 5) is 0. The van der Waals surface area contributed by atoms with Gasteiger partial charge in [0.05, 0.1) is 0 Å². The van der Waals surface area contributed by atoms with Crippen LogP contribution in [0.3, 0.4) is 0 Å². The lowest BCUT2D eigenvalue weighted by atomic mass is 9.63. The number of hydrogen-bond donors (Lipinski definition) is 0. The van der Waals surface area contributed by atoms with Gasteiger partial charge in [0, 0.05) is 0 Å². The van der Waals surface area contributed by atoms with E-state index >= 15 is 0 Å². The molecule has 0 nitrogen and oxygen atoms in total. The molecule has 0 amide bonds. The third kappa shape index (κ3) is 2.79. The first kappa shape index (κ1) is 12.3. The lowest BCUT2D eigenvalue weighted by molar-refractivity contribution is 0.0840. The third-order valence-electron chi connectivity index (χ3n) is 5.36. The Morgan fingerprint density at radius 3 is 2.00 bits per heavy atom. The minimum Gasteiger partial charge on any atom is -0.0622 e. The summed E-state index contributed by atoms with van der Waals surface area (Å²) in [6.45, 7) is 0. The molecule has 0 bridgehead atoms. The maximum atomic E-state index is 2.28. The summed E-state index contributed by atoms with van der Waals surface area (Å²) in [5.74, 6) is 3.29. The van der Waals surface area contributed by atoms with Crippen molar-refractivity contribution in [3.05, 3.63) is 35.9 Å². The number of aryl methyl sites for hydroxylation is 1. The molecule has 2 saturated carbocycles. The number of benzene rings is 1. The van der Waals surface area contributed by atoms with Crippen molar-refractivity contribution >= 4 is 0 Å². The molecule has 0 unspecified atom stereocenters. The summed E-state index contributed by atoms with van der Waals surface area (Å²) < 4.78 is 0. The van der Waals surface area contributed by atoms with Gasteiger partial charge in [-0.05, 0) is 42.6 Å². The lowest BCUT2D eigenvalue weighted by Gasteiger charge is -2.43. The van der Waals surface area contributed by atoms with E-state index in [2.05, 4.69) is 30.3 Å². The Hall–Kier alpha value is -0.780. The minimum absolute atomic E-state index is 1.08. The summed E-state index contributed by atoms with van der Waals surface area (Å²) in [5, 5.41) is 0. The van der Waals surface area contributed by atoms with Crippen molar-refractivity contribution in [3.8, 4) is 0 Å².